The van der Waals surface area contributed by atoms with Crippen molar-refractivity contribution in [3.05, 3.63) is 0 Å². The molecule has 3 heteroatoms. The fraction of sp³-hybridized carbons (Fsp3) is 0.941. The molecule has 2 N–H and O–H groups in total. The van der Waals surface area contributed by atoms with Gasteiger partial charge in [-0.1, -0.05) is 27.7 Å². The van der Waals surface area contributed by atoms with E-state index in [2.05, 4.69) is 19.2 Å². The summed E-state index contributed by atoms with van der Waals surface area (Å²) in [5, 5.41) is 13.1. The number of rotatable bonds is 4. The van der Waals surface area contributed by atoms with Crippen LogP contribution in [0.2, 0.25) is 0 Å². The van der Waals surface area contributed by atoms with Crippen molar-refractivity contribution in [2.24, 2.45) is 22.7 Å². The molecule has 4 rings (SSSR count). The van der Waals surface area contributed by atoms with Crippen molar-refractivity contribution in [1.29, 1.82) is 0 Å². The lowest BCUT2D eigenvalue weighted by Crippen LogP contribution is -2.67. The number of carboxylic acids is 1. The van der Waals surface area contributed by atoms with E-state index in [0.717, 1.165) is 5.92 Å². The summed E-state index contributed by atoms with van der Waals surface area (Å²) >= 11 is 0. The molecule has 114 valence electrons. The number of carboxylic acid groups (broad SMARTS) is 1. The molecule has 0 amide bonds. The molecule has 0 radical (unpaired) electrons. The first-order valence-electron chi connectivity index (χ1n) is 8.15. The van der Waals surface area contributed by atoms with Gasteiger partial charge in [0.05, 0.1) is 0 Å². The van der Waals surface area contributed by atoms with Gasteiger partial charge in [-0.25, -0.2) is 0 Å². The number of aliphatic carboxylic acids is 1. The van der Waals surface area contributed by atoms with Crippen molar-refractivity contribution in [2.45, 2.75) is 77.8 Å². The third-order valence-corrected chi connectivity index (χ3v) is 6.02. The van der Waals surface area contributed by atoms with E-state index in [0.29, 0.717) is 10.8 Å². The van der Waals surface area contributed by atoms with Crippen LogP contribution in [0.4, 0.5) is 0 Å². The second-order valence-corrected chi connectivity index (χ2v) is 9.11. The molecule has 4 bridgehead atoms. The van der Waals surface area contributed by atoms with Gasteiger partial charge >= 0.3 is 5.97 Å². The Balaban J connectivity index is 1.87. The molecule has 4 aliphatic rings. The molecule has 0 aromatic rings. The Hall–Kier alpha value is -0.570. The maximum absolute atomic E-state index is 11.6. The molecular formula is C17H29NO2. The average molecular weight is 279 g/mol. The molecule has 0 saturated heterocycles. The van der Waals surface area contributed by atoms with E-state index in [9.17, 15) is 9.90 Å². The fourth-order valence-corrected chi connectivity index (χ4v) is 6.45. The molecule has 0 aliphatic heterocycles. The van der Waals surface area contributed by atoms with Crippen molar-refractivity contribution in [3.8, 4) is 0 Å². The van der Waals surface area contributed by atoms with Crippen molar-refractivity contribution in [3.63, 3.8) is 0 Å². The SMILES string of the molecule is CC(C)C(NC12CC3CC(C)(CC(C)(C3)C1)C2)C(=O)O. The van der Waals surface area contributed by atoms with Crippen LogP contribution in [-0.2, 0) is 4.79 Å². The first kappa shape index (κ1) is 14.4. The molecule has 0 spiro atoms. The molecule has 3 atom stereocenters. The van der Waals surface area contributed by atoms with Crippen LogP contribution in [0.15, 0.2) is 0 Å². The molecule has 0 aromatic carbocycles. The maximum atomic E-state index is 11.6. The minimum absolute atomic E-state index is 0.0796. The summed E-state index contributed by atoms with van der Waals surface area (Å²) in [7, 11) is 0. The lowest BCUT2D eigenvalue weighted by molar-refractivity contribution is -0.148. The van der Waals surface area contributed by atoms with Crippen LogP contribution < -0.4 is 5.32 Å². The zero-order valence-electron chi connectivity index (χ0n) is 13.3. The van der Waals surface area contributed by atoms with Crippen molar-refractivity contribution in [2.75, 3.05) is 0 Å². The largest absolute Gasteiger partial charge is 0.480 e. The number of hydrogen-bond donors (Lipinski definition) is 2. The Morgan fingerprint density at radius 3 is 2.05 bits per heavy atom. The summed E-state index contributed by atoms with van der Waals surface area (Å²) in [5.74, 6) is 0.252. The number of nitrogens with one attached hydrogen (secondary N) is 1. The molecule has 4 aliphatic carbocycles. The van der Waals surface area contributed by atoms with E-state index in [-0.39, 0.29) is 11.5 Å². The predicted octanol–water partition coefficient (Wildman–Crippen LogP) is 3.43. The van der Waals surface area contributed by atoms with E-state index >= 15 is 0 Å². The number of carbonyl (C=O) groups is 1. The molecule has 0 aromatic heterocycles. The van der Waals surface area contributed by atoms with Crippen LogP contribution >= 0.6 is 0 Å². The van der Waals surface area contributed by atoms with Gasteiger partial charge in [0.25, 0.3) is 0 Å². The highest BCUT2D eigenvalue weighted by Crippen LogP contribution is 2.66. The molecule has 3 nitrogen and oxygen atoms in total. The molecule has 0 heterocycles. The van der Waals surface area contributed by atoms with Gasteiger partial charge in [0.2, 0.25) is 0 Å². The summed E-state index contributed by atoms with van der Waals surface area (Å²) in [5.41, 5.74) is 0.943. The Morgan fingerprint density at radius 2 is 1.65 bits per heavy atom. The van der Waals surface area contributed by atoms with Crippen LogP contribution in [0.25, 0.3) is 0 Å². The maximum Gasteiger partial charge on any atom is 0.320 e. The Morgan fingerprint density at radius 1 is 1.10 bits per heavy atom. The quantitative estimate of drug-likeness (QED) is 0.829. The van der Waals surface area contributed by atoms with Crippen LogP contribution in [0.5, 0.6) is 0 Å². The highest BCUT2D eigenvalue weighted by atomic mass is 16.4. The van der Waals surface area contributed by atoms with E-state index in [1.165, 1.54) is 38.5 Å². The monoisotopic (exact) mass is 279 g/mol. The van der Waals surface area contributed by atoms with Gasteiger partial charge < -0.3 is 5.11 Å². The third-order valence-electron chi connectivity index (χ3n) is 6.02. The van der Waals surface area contributed by atoms with Gasteiger partial charge in [-0.15, -0.1) is 0 Å². The van der Waals surface area contributed by atoms with Crippen molar-refractivity contribution >= 4 is 5.97 Å². The first-order valence-corrected chi connectivity index (χ1v) is 8.15. The standard InChI is InChI=1S/C17H29NO2/c1-11(2)13(14(19)20)18-17-7-12-5-15(3,9-17)8-16(4,6-12)10-17/h11-13,18H,5-10H2,1-4H3,(H,19,20). The van der Waals surface area contributed by atoms with Crippen LogP contribution in [0.3, 0.4) is 0 Å². The Labute approximate surface area is 122 Å². The van der Waals surface area contributed by atoms with Gasteiger partial charge in [-0.3, -0.25) is 10.1 Å². The lowest BCUT2D eigenvalue weighted by Gasteiger charge is -2.66. The first-order chi connectivity index (χ1) is 9.14. The molecule has 4 fully saturated rings. The molecule has 20 heavy (non-hydrogen) atoms. The minimum atomic E-state index is -0.689. The second kappa shape index (κ2) is 4.22. The normalized spacial score (nSPS) is 47.8. The van der Waals surface area contributed by atoms with Gasteiger partial charge in [-0.2, -0.15) is 0 Å². The van der Waals surface area contributed by atoms with Crippen molar-refractivity contribution in [1.82, 2.24) is 5.32 Å². The van der Waals surface area contributed by atoms with Crippen LogP contribution in [0, 0.1) is 22.7 Å². The van der Waals surface area contributed by atoms with E-state index in [1.807, 2.05) is 13.8 Å². The summed E-state index contributed by atoms with van der Waals surface area (Å²) in [6.45, 7) is 8.88. The third kappa shape index (κ3) is 2.28. The fourth-order valence-electron chi connectivity index (χ4n) is 6.45. The van der Waals surface area contributed by atoms with E-state index < -0.39 is 12.0 Å². The van der Waals surface area contributed by atoms with Gasteiger partial charge in [0, 0.05) is 5.54 Å². The molecule has 4 saturated carbocycles. The van der Waals surface area contributed by atoms with Crippen LogP contribution in [0.1, 0.15) is 66.2 Å². The van der Waals surface area contributed by atoms with Gasteiger partial charge in [-0.05, 0) is 61.2 Å². The van der Waals surface area contributed by atoms with Gasteiger partial charge in [0.1, 0.15) is 6.04 Å². The highest BCUT2D eigenvalue weighted by Gasteiger charge is 2.60. The second-order valence-electron chi connectivity index (χ2n) is 9.11. The average Bonchev–Trinajstić information content (AvgIpc) is 2.19. The molecule has 3 unspecified atom stereocenters. The Bertz CT molecular complexity index is 413. The highest BCUT2D eigenvalue weighted by molar-refractivity contribution is 5.74. The van der Waals surface area contributed by atoms with Gasteiger partial charge in [0.15, 0.2) is 0 Å². The minimum Gasteiger partial charge on any atom is -0.480 e. The predicted molar refractivity (Wildman–Crippen MR) is 79.5 cm³/mol. The lowest BCUT2D eigenvalue weighted by atomic mass is 9.42. The van der Waals surface area contributed by atoms with E-state index in [1.54, 1.807) is 0 Å². The topological polar surface area (TPSA) is 49.3 Å². The summed E-state index contributed by atoms with van der Waals surface area (Å²) < 4.78 is 0. The van der Waals surface area contributed by atoms with Crippen LogP contribution in [-0.4, -0.2) is 22.7 Å². The molecular weight excluding hydrogens is 250 g/mol. The van der Waals surface area contributed by atoms with Crippen molar-refractivity contribution < 1.29 is 9.90 Å². The smallest absolute Gasteiger partial charge is 0.320 e. The van der Waals surface area contributed by atoms with E-state index in [4.69, 9.17) is 0 Å². The number of hydrogen-bond acceptors (Lipinski definition) is 2. The summed E-state index contributed by atoms with van der Waals surface area (Å²) in [6, 6.07) is -0.404. The Kier molecular flexibility index (Phi) is 3.03. The zero-order valence-corrected chi connectivity index (χ0v) is 13.3. The summed E-state index contributed by atoms with van der Waals surface area (Å²) in [6.07, 6.45) is 7.57. The zero-order chi connectivity index (χ0) is 14.8. The summed E-state index contributed by atoms with van der Waals surface area (Å²) in [4.78, 5) is 11.6.